The molecule has 7 heteroatoms. The van der Waals surface area contributed by atoms with Crippen molar-refractivity contribution in [2.75, 3.05) is 11.1 Å². The molecular formula is C14H9BrFN3O2. The van der Waals surface area contributed by atoms with E-state index in [0.717, 1.165) is 6.07 Å². The Morgan fingerprint density at radius 2 is 2.00 bits per heavy atom. The highest BCUT2D eigenvalue weighted by Crippen LogP contribution is 2.31. The van der Waals surface area contributed by atoms with Gasteiger partial charge in [0.1, 0.15) is 11.4 Å². The van der Waals surface area contributed by atoms with E-state index in [-0.39, 0.29) is 11.3 Å². The standard InChI is InChI=1S/C14H9BrFN3O2/c15-8-5-7(6-17)1-3-10(8)19-11-4-2-9(16)13(18)12(11)14(20)21/h1-5,19H,18H2,(H,20,21). The van der Waals surface area contributed by atoms with Crippen molar-refractivity contribution >= 4 is 39.0 Å². The average Bonchev–Trinajstić information content (AvgIpc) is 2.44. The van der Waals surface area contributed by atoms with Crippen LogP contribution in [-0.2, 0) is 0 Å². The highest BCUT2D eigenvalue weighted by molar-refractivity contribution is 9.10. The number of nitrogens with zero attached hydrogens (tertiary/aromatic N) is 1. The minimum atomic E-state index is -1.33. The summed E-state index contributed by atoms with van der Waals surface area (Å²) in [6.07, 6.45) is 0. The summed E-state index contributed by atoms with van der Waals surface area (Å²) in [7, 11) is 0. The van der Waals surface area contributed by atoms with E-state index in [2.05, 4.69) is 21.2 Å². The molecule has 0 bridgehead atoms. The van der Waals surface area contributed by atoms with Crippen LogP contribution in [0.2, 0.25) is 0 Å². The molecule has 0 saturated carbocycles. The molecule has 0 aromatic heterocycles. The number of nitriles is 1. The van der Waals surface area contributed by atoms with E-state index in [0.29, 0.717) is 15.7 Å². The van der Waals surface area contributed by atoms with Crippen LogP contribution in [0.5, 0.6) is 0 Å². The van der Waals surface area contributed by atoms with E-state index in [1.54, 1.807) is 18.2 Å². The Morgan fingerprint density at radius 1 is 1.33 bits per heavy atom. The molecular weight excluding hydrogens is 341 g/mol. The number of nitrogens with one attached hydrogen (secondary N) is 1. The molecule has 2 rings (SSSR count). The zero-order chi connectivity index (χ0) is 15.6. The molecule has 0 fully saturated rings. The third kappa shape index (κ3) is 2.95. The summed E-state index contributed by atoms with van der Waals surface area (Å²) in [6.45, 7) is 0. The lowest BCUT2D eigenvalue weighted by atomic mass is 10.1. The number of hydrogen-bond donors (Lipinski definition) is 3. The van der Waals surface area contributed by atoms with Gasteiger partial charge in [0, 0.05) is 4.47 Å². The summed E-state index contributed by atoms with van der Waals surface area (Å²) in [5.74, 6) is -2.13. The lowest BCUT2D eigenvalue weighted by molar-refractivity contribution is 0.0698. The van der Waals surface area contributed by atoms with Crippen LogP contribution in [0.1, 0.15) is 15.9 Å². The van der Waals surface area contributed by atoms with E-state index in [9.17, 15) is 9.18 Å². The SMILES string of the molecule is N#Cc1ccc(Nc2ccc(F)c(N)c2C(=O)O)c(Br)c1. The third-order valence-corrected chi connectivity index (χ3v) is 3.43. The van der Waals surface area contributed by atoms with Gasteiger partial charge in [0.2, 0.25) is 0 Å². The van der Waals surface area contributed by atoms with Crippen LogP contribution in [0.3, 0.4) is 0 Å². The highest BCUT2D eigenvalue weighted by atomic mass is 79.9. The number of halogens is 2. The average molecular weight is 350 g/mol. The fourth-order valence-corrected chi connectivity index (χ4v) is 2.24. The molecule has 4 N–H and O–H groups in total. The summed E-state index contributed by atoms with van der Waals surface area (Å²) in [6, 6.07) is 9.11. The van der Waals surface area contributed by atoms with Gasteiger partial charge in [0.15, 0.2) is 0 Å². The minimum Gasteiger partial charge on any atom is -0.478 e. The van der Waals surface area contributed by atoms with Gasteiger partial charge in [-0.15, -0.1) is 0 Å². The Hall–Kier alpha value is -2.59. The lowest BCUT2D eigenvalue weighted by Crippen LogP contribution is -2.09. The maximum absolute atomic E-state index is 13.4. The molecule has 0 unspecified atom stereocenters. The summed E-state index contributed by atoms with van der Waals surface area (Å²) >= 11 is 3.27. The predicted molar refractivity (Wildman–Crippen MR) is 79.9 cm³/mol. The quantitative estimate of drug-likeness (QED) is 0.736. The van der Waals surface area contributed by atoms with Gasteiger partial charge < -0.3 is 16.2 Å². The van der Waals surface area contributed by atoms with Gasteiger partial charge in [0.25, 0.3) is 0 Å². The molecule has 5 nitrogen and oxygen atoms in total. The van der Waals surface area contributed by atoms with Gasteiger partial charge in [-0.1, -0.05) is 0 Å². The van der Waals surface area contributed by atoms with Gasteiger partial charge in [0.05, 0.1) is 28.7 Å². The molecule has 0 atom stereocenters. The fourth-order valence-electron chi connectivity index (χ4n) is 1.76. The Kier molecular flexibility index (Phi) is 4.10. The Labute approximate surface area is 127 Å². The van der Waals surface area contributed by atoms with Crippen molar-refractivity contribution in [2.24, 2.45) is 0 Å². The number of carboxylic acid groups (broad SMARTS) is 1. The van der Waals surface area contributed by atoms with Crippen molar-refractivity contribution in [3.63, 3.8) is 0 Å². The number of carbonyl (C=O) groups is 1. The summed E-state index contributed by atoms with van der Waals surface area (Å²) < 4.78 is 13.9. The number of benzene rings is 2. The zero-order valence-electron chi connectivity index (χ0n) is 10.5. The van der Waals surface area contributed by atoms with Crippen molar-refractivity contribution in [2.45, 2.75) is 0 Å². The number of rotatable bonds is 3. The first-order valence-electron chi connectivity index (χ1n) is 5.72. The van der Waals surface area contributed by atoms with Gasteiger partial charge in [-0.3, -0.25) is 0 Å². The normalized spacial score (nSPS) is 9.95. The smallest absolute Gasteiger partial charge is 0.340 e. The first kappa shape index (κ1) is 14.8. The van der Waals surface area contributed by atoms with Crippen molar-refractivity contribution in [1.82, 2.24) is 0 Å². The molecule has 0 aliphatic carbocycles. The second kappa shape index (κ2) is 5.81. The van der Waals surface area contributed by atoms with Crippen LogP contribution in [0, 0.1) is 17.1 Å². The zero-order valence-corrected chi connectivity index (χ0v) is 12.1. The van der Waals surface area contributed by atoms with Gasteiger partial charge in [-0.25, -0.2) is 9.18 Å². The third-order valence-electron chi connectivity index (χ3n) is 2.77. The number of carboxylic acids is 1. The van der Waals surface area contributed by atoms with Crippen molar-refractivity contribution < 1.29 is 14.3 Å². The molecule has 0 aliphatic rings. The number of hydrogen-bond acceptors (Lipinski definition) is 4. The largest absolute Gasteiger partial charge is 0.478 e. The van der Waals surface area contributed by atoms with E-state index in [1.165, 1.54) is 6.07 Å². The Balaban J connectivity index is 2.48. The molecule has 0 spiro atoms. The first-order chi connectivity index (χ1) is 9.93. The second-order valence-electron chi connectivity index (χ2n) is 4.12. The van der Waals surface area contributed by atoms with E-state index < -0.39 is 17.5 Å². The van der Waals surface area contributed by atoms with Crippen molar-refractivity contribution in [3.05, 3.63) is 51.7 Å². The minimum absolute atomic E-state index is 0.159. The molecule has 106 valence electrons. The van der Waals surface area contributed by atoms with Gasteiger partial charge in [-0.2, -0.15) is 5.26 Å². The van der Waals surface area contributed by atoms with Crippen LogP contribution in [0.15, 0.2) is 34.8 Å². The maximum atomic E-state index is 13.4. The highest BCUT2D eigenvalue weighted by Gasteiger charge is 2.18. The Morgan fingerprint density at radius 3 is 2.57 bits per heavy atom. The lowest BCUT2D eigenvalue weighted by Gasteiger charge is -2.13. The van der Waals surface area contributed by atoms with Crippen LogP contribution in [0.4, 0.5) is 21.5 Å². The summed E-state index contributed by atoms with van der Waals surface area (Å²) in [5.41, 5.74) is 5.83. The molecule has 0 amide bonds. The van der Waals surface area contributed by atoms with Crippen LogP contribution in [0.25, 0.3) is 0 Å². The topological polar surface area (TPSA) is 99.1 Å². The molecule has 0 radical (unpaired) electrons. The van der Waals surface area contributed by atoms with Crippen LogP contribution < -0.4 is 11.1 Å². The molecule has 2 aromatic carbocycles. The van der Waals surface area contributed by atoms with E-state index >= 15 is 0 Å². The van der Waals surface area contributed by atoms with Crippen molar-refractivity contribution in [3.8, 4) is 6.07 Å². The molecule has 2 aromatic rings. The maximum Gasteiger partial charge on any atom is 0.340 e. The summed E-state index contributed by atoms with van der Waals surface area (Å²) in [5, 5.41) is 20.8. The number of aromatic carboxylic acids is 1. The number of anilines is 3. The second-order valence-corrected chi connectivity index (χ2v) is 4.97. The summed E-state index contributed by atoms with van der Waals surface area (Å²) in [4.78, 5) is 11.2. The van der Waals surface area contributed by atoms with E-state index in [4.69, 9.17) is 16.1 Å². The van der Waals surface area contributed by atoms with Crippen LogP contribution in [-0.4, -0.2) is 11.1 Å². The van der Waals surface area contributed by atoms with Gasteiger partial charge >= 0.3 is 5.97 Å². The number of nitrogen functional groups attached to an aromatic ring is 1. The van der Waals surface area contributed by atoms with E-state index in [1.807, 2.05) is 6.07 Å². The molecule has 0 saturated heterocycles. The monoisotopic (exact) mass is 349 g/mol. The first-order valence-corrected chi connectivity index (χ1v) is 6.51. The van der Waals surface area contributed by atoms with Crippen LogP contribution >= 0.6 is 15.9 Å². The van der Waals surface area contributed by atoms with Crippen molar-refractivity contribution in [1.29, 1.82) is 5.26 Å². The number of nitrogens with two attached hydrogens (primary N) is 1. The molecule has 0 heterocycles. The van der Waals surface area contributed by atoms with Gasteiger partial charge in [-0.05, 0) is 46.3 Å². The molecule has 0 aliphatic heterocycles. The fraction of sp³-hybridized carbons (Fsp3) is 0. The molecule has 21 heavy (non-hydrogen) atoms. The predicted octanol–water partition coefficient (Wildman–Crippen LogP) is 3.48. The Bertz CT molecular complexity index is 772.